The van der Waals surface area contributed by atoms with Crippen LogP contribution < -0.4 is 4.90 Å². The highest BCUT2D eigenvalue weighted by Crippen LogP contribution is 2.45. The lowest BCUT2D eigenvalue weighted by atomic mass is 9.95. The molecule has 11 rings (SSSR count). The molecule has 0 fully saturated rings. The normalized spacial score (nSPS) is 11.6. The Hall–Kier alpha value is -7.42. The van der Waals surface area contributed by atoms with E-state index in [9.17, 15) is 0 Å². The van der Waals surface area contributed by atoms with Crippen molar-refractivity contribution in [3.63, 3.8) is 0 Å². The standard InChI is InChI=1S/C54H35NO/c1-2-10-36(11-3-1)44-26-31-52-50(35-44)54-51(18-9-19-53(54)56-52)55(46-27-22-38(23-28-46)43-21-20-37-12-4-5-13-40(37)32-43)47-29-24-39(25-30-47)48-17-8-16-45-33-41-14-6-7-15-42(41)34-49(45)48/h1-35H. The van der Waals surface area contributed by atoms with Crippen molar-refractivity contribution in [2.24, 2.45) is 0 Å². The van der Waals surface area contributed by atoms with E-state index < -0.39 is 0 Å². The second-order valence-corrected chi connectivity index (χ2v) is 14.5. The van der Waals surface area contributed by atoms with E-state index in [4.69, 9.17) is 4.42 Å². The van der Waals surface area contributed by atoms with E-state index in [1.807, 2.05) is 0 Å². The molecule has 0 unspecified atom stereocenters. The summed E-state index contributed by atoms with van der Waals surface area (Å²) in [6.45, 7) is 0. The lowest BCUT2D eigenvalue weighted by molar-refractivity contribution is 0.669. The van der Waals surface area contributed by atoms with E-state index >= 15 is 0 Å². The number of fused-ring (bicyclic) bond motifs is 6. The average molecular weight is 714 g/mol. The molecule has 0 saturated carbocycles. The molecule has 0 aliphatic rings. The molecule has 1 heterocycles. The zero-order chi connectivity index (χ0) is 37.0. The summed E-state index contributed by atoms with van der Waals surface area (Å²) in [5.74, 6) is 0. The number of nitrogens with zero attached hydrogens (tertiary/aromatic N) is 1. The summed E-state index contributed by atoms with van der Waals surface area (Å²) in [7, 11) is 0. The summed E-state index contributed by atoms with van der Waals surface area (Å²) < 4.78 is 6.54. The van der Waals surface area contributed by atoms with Crippen LogP contribution in [0.25, 0.3) is 87.6 Å². The summed E-state index contributed by atoms with van der Waals surface area (Å²) in [5, 5.41) is 9.66. The average Bonchev–Trinajstić information content (AvgIpc) is 3.65. The zero-order valence-corrected chi connectivity index (χ0v) is 30.6. The van der Waals surface area contributed by atoms with Crippen LogP contribution in [-0.2, 0) is 0 Å². The monoisotopic (exact) mass is 713 g/mol. The molecule has 0 aliphatic carbocycles. The van der Waals surface area contributed by atoms with Crippen molar-refractivity contribution >= 4 is 71.3 Å². The van der Waals surface area contributed by atoms with Gasteiger partial charge in [0.25, 0.3) is 0 Å². The zero-order valence-electron chi connectivity index (χ0n) is 30.6. The van der Waals surface area contributed by atoms with Gasteiger partial charge in [-0.25, -0.2) is 0 Å². The highest BCUT2D eigenvalue weighted by atomic mass is 16.3. The summed E-state index contributed by atoms with van der Waals surface area (Å²) in [6, 6.07) is 76.5. The van der Waals surface area contributed by atoms with Crippen LogP contribution in [0.2, 0.25) is 0 Å². The maximum atomic E-state index is 6.54. The minimum absolute atomic E-state index is 0.861. The van der Waals surface area contributed by atoms with Crippen molar-refractivity contribution in [3.8, 4) is 33.4 Å². The van der Waals surface area contributed by atoms with Crippen LogP contribution in [0.5, 0.6) is 0 Å². The molecule has 1 aromatic heterocycles. The van der Waals surface area contributed by atoms with E-state index in [1.54, 1.807) is 0 Å². The van der Waals surface area contributed by atoms with Crippen LogP contribution >= 0.6 is 0 Å². The molecule has 11 aromatic rings. The van der Waals surface area contributed by atoms with Gasteiger partial charge in [0.05, 0.1) is 11.1 Å². The summed E-state index contributed by atoms with van der Waals surface area (Å²) in [4.78, 5) is 2.37. The third-order valence-electron chi connectivity index (χ3n) is 11.2. The van der Waals surface area contributed by atoms with Crippen molar-refractivity contribution in [3.05, 3.63) is 212 Å². The molecule has 0 radical (unpaired) electrons. The lowest BCUT2D eigenvalue weighted by Gasteiger charge is -2.27. The molecular formula is C54H35NO. The first kappa shape index (κ1) is 32.0. The van der Waals surface area contributed by atoms with Crippen LogP contribution in [0, 0.1) is 0 Å². The Bertz CT molecular complexity index is 3230. The van der Waals surface area contributed by atoms with Gasteiger partial charge in [-0.05, 0) is 132 Å². The number of hydrogen-bond donors (Lipinski definition) is 0. The number of hydrogen-bond acceptors (Lipinski definition) is 2. The Balaban J connectivity index is 1.07. The SMILES string of the molecule is c1ccc(-c2ccc3oc4cccc(N(c5ccc(-c6ccc7ccccc7c6)cc5)c5ccc(-c6cccc7cc8ccccc8cc67)cc5)c4c3c2)cc1. The lowest BCUT2D eigenvalue weighted by Crippen LogP contribution is -2.10. The Labute approximate surface area is 325 Å². The van der Waals surface area contributed by atoms with Crippen molar-refractivity contribution in [2.45, 2.75) is 0 Å². The minimum Gasteiger partial charge on any atom is -0.456 e. The maximum Gasteiger partial charge on any atom is 0.137 e. The van der Waals surface area contributed by atoms with Gasteiger partial charge in [0.1, 0.15) is 11.2 Å². The highest BCUT2D eigenvalue weighted by molar-refractivity contribution is 6.14. The third kappa shape index (κ3) is 5.51. The van der Waals surface area contributed by atoms with Gasteiger partial charge in [0.15, 0.2) is 0 Å². The number of rotatable bonds is 6. The van der Waals surface area contributed by atoms with E-state index in [0.29, 0.717) is 0 Å². The molecule has 0 saturated heterocycles. The molecule has 2 nitrogen and oxygen atoms in total. The molecular weight excluding hydrogens is 679 g/mol. The van der Waals surface area contributed by atoms with Crippen molar-refractivity contribution in [1.82, 2.24) is 0 Å². The summed E-state index contributed by atoms with van der Waals surface area (Å²) in [6.07, 6.45) is 0. The first-order valence-electron chi connectivity index (χ1n) is 19.2. The fraction of sp³-hybridized carbons (Fsp3) is 0. The number of benzene rings is 10. The molecule has 262 valence electrons. The minimum atomic E-state index is 0.861. The van der Waals surface area contributed by atoms with Crippen molar-refractivity contribution < 1.29 is 4.42 Å². The van der Waals surface area contributed by atoms with Crippen LogP contribution in [0.15, 0.2) is 217 Å². The topological polar surface area (TPSA) is 16.4 Å². The molecule has 0 atom stereocenters. The van der Waals surface area contributed by atoms with Crippen LogP contribution in [0.1, 0.15) is 0 Å². The predicted octanol–water partition coefficient (Wildman–Crippen LogP) is 15.5. The maximum absolute atomic E-state index is 6.54. The van der Waals surface area contributed by atoms with Gasteiger partial charge in [0.2, 0.25) is 0 Å². The number of furan rings is 1. The van der Waals surface area contributed by atoms with Gasteiger partial charge >= 0.3 is 0 Å². The van der Waals surface area contributed by atoms with Crippen LogP contribution in [-0.4, -0.2) is 0 Å². The van der Waals surface area contributed by atoms with Gasteiger partial charge in [-0.2, -0.15) is 0 Å². The largest absolute Gasteiger partial charge is 0.456 e. The second-order valence-electron chi connectivity index (χ2n) is 14.5. The van der Waals surface area contributed by atoms with Gasteiger partial charge < -0.3 is 9.32 Å². The Kier molecular flexibility index (Phi) is 7.53. The van der Waals surface area contributed by atoms with Gasteiger partial charge in [-0.15, -0.1) is 0 Å². The first-order valence-corrected chi connectivity index (χ1v) is 19.2. The molecule has 10 aromatic carbocycles. The molecule has 2 heteroatoms. The van der Waals surface area contributed by atoms with E-state index in [0.717, 1.165) is 44.6 Å². The van der Waals surface area contributed by atoms with Crippen molar-refractivity contribution in [2.75, 3.05) is 4.90 Å². The first-order chi connectivity index (χ1) is 27.7. The molecule has 56 heavy (non-hydrogen) atoms. The molecule has 0 spiro atoms. The fourth-order valence-electron chi connectivity index (χ4n) is 8.41. The number of anilines is 3. The second kappa shape index (κ2) is 13.2. The Morgan fingerprint density at radius 3 is 1.64 bits per heavy atom. The molecule has 0 N–H and O–H groups in total. The van der Waals surface area contributed by atoms with Gasteiger partial charge in [-0.1, -0.05) is 146 Å². The summed E-state index contributed by atoms with van der Waals surface area (Å²) >= 11 is 0. The Morgan fingerprint density at radius 2 is 0.875 bits per heavy atom. The van der Waals surface area contributed by atoms with Crippen molar-refractivity contribution in [1.29, 1.82) is 0 Å². The smallest absolute Gasteiger partial charge is 0.137 e. The quantitative estimate of drug-likeness (QED) is 0.160. The van der Waals surface area contributed by atoms with E-state index in [-0.39, 0.29) is 0 Å². The molecule has 0 amide bonds. The van der Waals surface area contributed by atoms with Crippen LogP contribution in [0.3, 0.4) is 0 Å². The summed E-state index contributed by atoms with van der Waals surface area (Å²) in [5.41, 5.74) is 12.1. The molecule has 0 bridgehead atoms. The highest BCUT2D eigenvalue weighted by Gasteiger charge is 2.20. The van der Waals surface area contributed by atoms with Gasteiger partial charge in [0, 0.05) is 16.8 Å². The fourth-order valence-corrected chi connectivity index (χ4v) is 8.41. The molecule has 0 aliphatic heterocycles. The third-order valence-corrected chi connectivity index (χ3v) is 11.2. The van der Waals surface area contributed by atoms with Crippen LogP contribution in [0.4, 0.5) is 17.1 Å². The van der Waals surface area contributed by atoms with E-state index in [1.165, 1.54) is 60.1 Å². The van der Waals surface area contributed by atoms with E-state index in [2.05, 4.69) is 217 Å². The Morgan fingerprint density at radius 1 is 0.304 bits per heavy atom. The van der Waals surface area contributed by atoms with Gasteiger partial charge in [-0.3, -0.25) is 0 Å². The predicted molar refractivity (Wildman–Crippen MR) is 237 cm³/mol.